The normalized spacial score (nSPS) is 1.00. The molecule has 0 aromatic rings. The topological polar surface area (TPSA) is 0 Å². The van der Waals surface area contributed by atoms with Crippen LogP contribution in [-0.4, -0.2) is 67.3 Å². The Morgan fingerprint density at radius 2 is 1.25 bits per heavy atom. The fraction of sp³-hybridized carbons (Fsp3) is 0. The fourth-order valence-corrected chi connectivity index (χ4v) is 0. The van der Waals surface area contributed by atoms with E-state index in [1.807, 2.05) is 19.5 Å². The van der Waals surface area contributed by atoms with Crippen molar-refractivity contribution >= 4 is 67.3 Å². The van der Waals surface area contributed by atoms with Gasteiger partial charge in [0.15, 0.2) is 0 Å². The molecule has 0 N–H and O–H groups in total. The van der Waals surface area contributed by atoms with Crippen molar-refractivity contribution in [1.29, 1.82) is 0 Å². The number of rotatable bonds is 0. The van der Waals surface area contributed by atoms with Gasteiger partial charge in [0.2, 0.25) is 0 Å². The van der Waals surface area contributed by atoms with Crippen molar-refractivity contribution < 1.29 is 0 Å². The van der Waals surface area contributed by atoms with Gasteiger partial charge in [-0.2, -0.15) is 0 Å². The van der Waals surface area contributed by atoms with Crippen molar-refractivity contribution in [3.8, 4) is 0 Å². The van der Waals surface area contributed by atoms with Crippen LogP contribution in [0.5, 0.6) is 0 Å². The summed E-state index contributed by atoms with van der Waals surface area (Å²) in [6, 6.07) is 0. The molecular weight excluding hydrogens is 354 g/mol. The molecule has 0 saturated carbocycles. The van der Waals surface area contributed by atoms with E-state index in [0.29, 0.717) is 0 Å². The Bertz CT molecular complexity index is 8.00. The molecule has 0 aliphatic heterocycles. The third kappa shape index (κ3) is 8.83. The van der Waals surface area contributed by atoms with Gasteiger partial charge >= 0.3 is 31.7 Å². The quantitative estimate of drug-likeness (QED) is 0.464. The van der Waals surface area contributed by atoms with Crippen molar-refractivity contribution in [1.82, 2.24) is 0 Å². The molecule has 0 unspecified atom stereocenters. The molecule has 0 nitrogen and oxygen atoms in total. The maximum absolute atomic E-state index is 2.64. The molecule has 0 heterocycles. The molecular formula is AsGeSeTe. The van der Waals surface area contributed by atoms with E-state index in [2.05, 4.69) is 12.3 Å². The summed E-state index contributed by atoms with van der Waals surface area (Å²) in [5.74, 6) is 0. The molecule has 0 aromatic carbocycles. The predicted molar refractivity (Wildman–Crippen MR) is 23.0 cm³/mol. The van der Waals surface area contributed by atoms with Gasteiger partial charge in [0.25, 0.3) is 0 Å². The molecule has 0 fully saturated rings. The second-order valence-corrected chi connectivity index (χ2v) is 0. The average molecular weight is 354 g/mol. The summed E-state index contributed by atoms with van der Waals surface area (Å²) in [5.41, 5.74) is 0. The fourth-order valence-electron chi connectivity index (χ4n) is 0. The Balaban J connectivity index is -0.00000000500. The van der Waals surface area contributed by atoms with Crippen LogP contribution in [0.3, 0.4) is 0 Å². The van der Waals surface area contributed by atoms with Crippen LogP contribution in [0.4, 0.5) is 0 Å². The van der Waals surface area contributed by atoms with Crippen molar-refractivity contribution in [3.05, 3.63) is 0 Å². The summed E-state index contributed by atoms with van der Waals surface area (Å²) >= 11 is 4.46. The van der Waals surface area contributed by atoms with Crippen LogP contribution in [0.25, 0.3) is 0 Å². The first-order valence-corrected chi connectivity index (χ1v) is 5.81. The zero-order valence-electron chi connectivity index (χ0n) is 1.76. The van der Waals surface area contributed by atoms with Gasteiger partial charge in [-0.15, -0.1) is 0 Å². The molecule has 4 heteroatoms. The van der Waals surface area contributed by atoms with Crippen LogP contribution >= 0.6 is 0 Å². The van der Waals surface area contributed by atoms with Gasteiger partial charge in [-0.05, 0) is 0 Å². The average Bonchev–Trinajstić information content (AvgIpc) is 1.00. The molecule has 0 rings (SSSR count). The zero-order chi connectivity index (χ0) is 2.00. The molecule has 0 aliphatic rings. The van der Waals surface area contributed by atoms with Crippen molar-refractivity contribution in [2.24, 2.45) is 0 Å². The van der Waals surface area contributed by atoms with E-state index < -0.39 is 0 Å². The van der Waals surface area contributed by atoms with E-state index >= 15 is 0 Å². The number of hydrogen-bond acceptors (Lipinski definition) is 0. The van der Waals surface area contributed by atoms with E-state index in [1.165, 1.54) is 0 Å². The second kappa shape index (κ2) is 18.1. The van der Waals surface area contributed by atoms with Crippen LogP contribution in [0.2, 0.25) is 0 Å². The van der Waals surface area contributed by atoms with Crippen molar-refractivity contribution in [2.45, 2.75) is 0 Å². The standard InChI is InChI=1S/As.Ge.SeTe/c;;1-2. The van der Waals surface area contributed by atoms with Gasteiger partial charge in [-0.1, -0.05) is 0 Å². The summed E-state index contributed by atoms with van der Waals surface area (Å²) in [6.45, 7) is 0. The third-order valence-corrected chi connectivity index (χ3v) is 0. The summed E-state index contributed by atoms with van der Waals surface area (Å²) < 4.78 is 0. The van der Waals surface area contributed by atoms with Gasteiger partial charge < -0.3 is 0 Å². The minimum absolute atomic E-state index is 0. The van der Waals surface area contributed by atoms with Crippen LogP contribution in [0.15, 0.2) is 0 Å². The molecule has 4 heavy (non-hydrogen) atoms. The summed E-state index contributed by atoms with van der Waals surface area (Å²) in [7, 11) is 0. The van der Waals surface area contributed by atoms with E-state index in [-0.39, 0.29) is 35.6 Å². The van der Waals surface area contributed by atoms with Crippen LogP contribution in [0.1, 0.15) is 0 Å². The first kappa shape index (κ1) is 16.1. The summed E-state index contributed by atoms with van der Waals surface area (Å²) in [6.07, 6.45) is 0. The molecule has 0 spiro atoms. The monoisotopic (exact) mass is 359 g/mol. The van der Waals surface area contributed by atoms with E-state index in [4.69, 9.17) is 0 Å². The van der Waals surface area contributed by atoms with Gasteiger partial charge in [-0.25, -0.2) is 0 Å². The first-order chi connectivity index (χ1) is 1.00. The molecule has 0 amide bonds. The Labute approximate surface area is 66.3 Å². The molecule has 0 aliphatic carbocycles. The molecule has 7 radical (unpaired) electrons. The van der Waals surface area contributed by atoms with Gasteiger partial charge in [0, 0.05) is 35.6 Å². The Morgan fingerprint density at radius 1 is 1.25 bits per heavy atom. The van der Waals surface area contributed by atoms with Gasteiger partial charge in [0.05, 0.1) is 0 Å². The summed E-state index contributed by atoms with van der Waals surface area (Å²) in [5, 5.41) is 0. The SMILES string of the molecule is [As].[Ge].[Se]=[Te]. The van der Waals surface area contributed by atoms with Gasteiger partial charge in [0.1, 0.15) is 0 Å². The van der Waals surface area contributed by atoms with Crippen LogP contribution in [-0.2, 0) is 0 Å². The Kier molecular flexibility index (Phi) is 73.1. The van der Waals surface area contributed by atoms with Crippen LogP contribution < -0.4 is 0 Å². The molecule has 21 valence electrons. The van der Waals surface area contributed by atoms with Crippen molar-refractivity contribution in [2.75, 3.05) is 0 Å². The van der Waals surface area contributed by atoms with Gasteiger partial charge in [-0.3, -0.25) is 0 Å². The maximum atomic E-state index is 2.64. The Morgan fingerprint density at radius 3 is 1.25 bits per heavy atom. The van der Waals surface area contributed by atoms with E-state index in [1.54, 1.807) is 0 Å². The zero-order valence-corrected chi connectivity index (χ0v) is 9.78. The minimum atomic E-state index is 0. The predicted octanol–water partition coefficient (Wildman–Crippen LogP) is -1.52. The molecule has 0 aromatic heterocycles. The second-order valence-electron chi connectivity index (χ2n) is 0. The molecule has 0 atom stereocenters. The summed E-state index contributed by atoms with van der Waals surface area (Å²) in [4.78, 5) is 0. The Hall–Kier alpha value is 2.41. The van der Waals surface area contributed by atoms with Crippen molar-refractivity contribution in [3.63, 3.8) is 0 Å². The van der Waals surface area contributed by atoms with E-state index in [9.17, 15) is 0 Å². The van der Waals surface area contributed by atoms with E-state index in [0.717, 1.165) is 0 Å². The van der Waals surface area contributed by atoms with Crippen LogP contribution in [0, 0.1) is 0 Å². The number of hydrogen-bond donors (Lipinski definition) is 0. The third-order valence-electron chi connectivity index (χ3n) is 0. The first-order valence-electron chi connectivity index (χ1n) is 0.167. The molecule has 0 saturated heterocycles. The molecule has 0 bridgehead atoms.